The summed E-state index contributed by atoms with van der Waals surface area (Å²) in [6.45, 7) is 6.76. The van der Waals surface area contributed by atoms with Crippen molar-refractivity contribution < 1.29 is 0 Å². The number of imidazole rings is 1. The summed E-state index contributed by atoms with van der Waals surface area (Å²) in [5.74, 6) is 1.28. The highest BCUT2D eigenvalue weighted by atomic mass is 32.1. The predicted octanol–water partition coefficient (Wildman–Crippen LogP) is 3.43. The van der Waals surface area contributed by atoms with Crippen LogP contribution < -0.4 is 0 Å². The second-order valence-electron chi connectivity index (χ2n) is 5.53. The van der Waals surface area contributed by atoms with Gasteiger partial charge in [0, 0.05) is 12.3 Å². The lowest BCUT2D eigenvalue weighted by Gasteiger charge is -2.16. The van der Waals surface area contributed by atoms with E-state index in [-0.39, 0.29) is 0 Å². The smallest absolute Gasteiger partial charge is 0.212 e. The zero-order valence-corrected chi connectivity index (χ0v) is 11.5. The lowest BCUT2D eigenvalue weighted by molar-refractivity contribution is 0.563. The molecule has 17 heavy (non-hydrogen) atoms. The summed E-state index contributed by atoms with van der Waals surface area (Å²) >= 11 is 1.76. The molecule has 1 aliphatic carbocycles. The Balaban J connectivity index is 2.04. The van der Waals surface area contributed by atoms with Crippen LogP contribution in [0.3, 0.4) is 0 Å². The molecule has 2 aromatic rings. The first-order valence-corrected chi connectivity index (χ1v) is 7.34. The second-order valence-corrected chi connectivity index (χ2v) is 6.57. The summed E-state index contributed by atoms with van der Waals surface area (Å²) in [4.78, 5) is 5.88. The second kappa shape index (κ2) is 4.09. The molecule has 1 unspecified atom stereocenters. The van der Waals surface area contributed by atoms with E-state index in [9.17, 15) is 0 Å². The van der Waals surface area contributed by atoms with Gasteiger partial charge in [-0.05, 0) is 25.2 Å². The Labute approximate surface area is 106 Å². The van der Waals surface area contributed by atoms with Crippen molar-refractivity contribution in [2.24, 2.45) is 5.92 Å². The third kappa shape index (κ3) is 1.88. The van der Waals surface area contributed by atoms with E-state index in [1.165, 1.54) is 29.2 Å². The highest BCUT2D eigenvalue weighted by Crippen LogP contribution is 2.32. The minimum Gasteiger partial charge on any atom is -0.222 e. The molecule has 3 nitrogen and oxygen atoms in total. The van der Waals surface area contributed by atoms with Gasteiger partial charge >= 0.3 is 0 Å². The van der Waals surface area contributed by atoms with Gasteiger partial charge in [0.25, 0.3) is 0 Å². The summed E-state index contributed by atoms with van der Waals surface area (Å²) in [7, 11) is 0. The lowest BCUT2D eigenvalue weighted by atomic mass is 9.92. The van der Waals surface area contributed by atoms with E-state index in [0.29, 0.717) is 11.8 Å². The van der Waals surface area contributed by atoms with Gasteiger partial charge in [0.1, 0.15) is 5.01 Å². The van der Waals surface area contributed by atoms with Crippen molar-refractivity contribution >= 4 is 16.3 Å². The first kappa shape index (κ1) is 11.2. The fraction of sp³-hybridized carbons (Fsp3) is 0.692. The van der Waals surface area contributed by atoms with Crippen molar-refractivity contribution in [3.63, 3.8) is 0 Å². The molecule has 0 saturated heterocycles. The van der Waals surface area contributed by atoms with Crippen molar-refractivity contribution in [3.8, 4) is 0 Å². The van der Waals surface area contributed by atoms with Crippen LogP contribution in [0.1, 0.15) is 55.9 Å². The highest BCUT2D eigenvalue weighted by Gasteiger charge is 2.24. The van der Waals surface area contributed by atoms with E-state index < -0.39 is 0 Å². The Hall–Kier alpha value is -0.900. The van der Waals surface area contributed by atoms with Gasteiger partial charge in [0.15, 0.2) is 0 Å². The normalized spacial score (nSPS) is 20.1. The monoisotopic (exact) mass is 249 g/mol. The van der Waals surface area contributed by atoms with Crippen molar-refractivity contribution in [1.29, 1.82) is 0 Å². The maximum Gasteiger partial charge on any atom is 0.212 e. The Morgan fingerprint density at radius 1 is 1.47 bits per heavy atom. The highest BCUT2D eigenvalue weighted by molar-refractivity contribution is 7.16. The minimum absolute atomic E-state index is 0.612. The Bertz CT molecular complexity index is 538. The van der Waals surface area contributed by atoms with E-state index in [1.54, 1.807) is 11.3 Å². The molecule has 0 radical (unpaired) electrons. The molecule has 1 aliphatic rings. The third-order valence-electron chi connectivity index (χ3n) is 3.47. The third-order valence-corrected chi connectivity index (χ3v) is 4.40. The minimum atomic E-state index is 0.612. The van der Waals surface area contributed by atoms with Gasteiger partial charge in [-0.25, -0.2) is 9.50 Å². The standard InChI is InChI=1S/C13H19N3S/c1-8(2)7-11-15-16-10-6-4-5-9(3)12(10)14-13(16)17-11/h8-9H,4-7H2,1-3H3. The number of nitrogens with zero attached hydrogens (tertiary/aromatic N) is 3. The first-order chi connectivity index (χ1) is 8.15. The lowest BCUT2D eigenvalue weighted by Crippen LogP contribution is -2.09. The molecular weight excluding hydrogens is 230 g/mol. The van der Waals surface area contributed by atoms with Crippen LogP contribution in [0.2, 0.25) is 0 Å². The molecule has 0 saturated carbocycles. The number of aryl methyl sites for hydroxylation is 1. The quantitative estimate of drug-likeness (QED) is 0.816. The summed E-state index contributed by atoms with van der Waals surface area (Å²) in [5.41, 5.74) is 2.66. The van der Waals surface area contributed by atoms with Gasteiger partial charge in [-0.15, -0.1) is 0 Å². The summed E-state index contributed by atoms with van der Waals surface area (Å²) < 4.78 is 2.10. The summed E-state index contributed by atoms with van der Waals surface area (Å²) in [6, 6.07) is 0. The van der Waals surface area contributed by atoms with E-state index in [1.807, 2.05) is 0 Å². The zero-order chi connectivity index (χ0) is 12.0. The van der Waals surface area contributed by atoms with Gasteiger partial charge < -0.3 is 0 Å². The largest absolute Gasteiger partial charge is 0.222 e. The van der Waals surface area contributed by atoms with Crippen LogP contribution in [-0.2, 0) is 12.8 Å². The fourth-order valence-electron chi connectivity index (χ4n) is 2.62. The molecule has 0 amide bonds. The molecule has 0 spiro atoms. The molecule has 0 N–H and O–H groups in total. The molecule has 0 aromatic carbocycles. The van der Waals surface area contributed by atoms with Gasteiger partial charge in [-0.2, -0.15) is 5.10 Å². The molecule has 4 heteroatoms. The van der Waals surface area contributed by atoms with Crippen molar-refractivity contribution in [2.75, 3.05) is 0 Å². The number of hydrogen-bond acceptors (Lipinski definition) is 3. The van der Waals surface area contributed by atoms with Crippen molar-refractivity contribution in [1.82, 2.24) is 14.6 Å². The number of hydrogen-bond donors (Lipinski definition) is 0. The average Bonchev–Trinajstić information content (AvgIpc) is 2.75. The van der Waals surface area contributed by atoms with Gasteiger partial charge in [-0.3, -0.25) is 0 Å². The topological polar surface area (TPSA) is 30.2 Å². The van der Waals surface area contributed by atoms with E-state index in [2.05, 4.69) is 25.3 Å². The van der Waals surface area contributed by atoms with E-state index in [0.717, 1.165) is 17.8 Å². The van der Waals surface area contributed by atoms with Gasteiger partial charge in [-0.1, -0.05) is 32.1 Å². The SMILES string of the molecule is CC(C)Cc1nn2c3c(nc2s1)C(C)CCC3. The number of rotatable bonds is 2. The molecule has 2 aromatic heterocycles. The Kier molecular flexibility index (Phi) is 2.69. The van der Waals surface area contributed by atoms with Crippen LogP contribution in [0.25, 0.3) is 4.96 Å². The number of fused-ring (bicyclic) bond motifs is 3. The molecule has 3 rings (SSSR count). The maximum atomic E-state index is 4.78. The molecule has 2 heterocycles. The van der Waals surface area contributed by atoms with Crippen LogP contribution in [0.5, 0.6) is 0 Å². The molecule has 92 valence electrons. The van der Waals surface area contributed by atoms with E-state index in [4.69, 9.17) is 10.1 Å². The van der Waals surface area contributed by atoms with Crippen LogP contribution in [0.4, 0.5) is 0 Å². The average molecular weight is 249 g/mol. The molecule has 0 fully saturated rings. The van der Waals surface area contributed by atoms with Crippen molar-refractivity contribution in [2.45, 2.75) is 52.4 Å². The van der Waals surface area contributed by atoms with Gasteiger partial charge in [0.2, 0.25) is 4.96 Å². The molecule has 0 aliphatic heterocycles. The molecule has 0 bridgehead atoms. The van der Waals surface area contributed by atoms with Gasteiger partial charge in [0.05, 0.1) is 11.4 Å². The first-order valence-electron chi connectivity index (χ1n) is 6.52. The Morgan fingerprint density at radius 2 is 2.29 bits per heavy atom. The van der Waals surface area contributed by atoms with Crippen LogP contribution in [0, 0.1) is 5.92 Å². The van der Waals surface area contributed by atoms with Crippen LogP contribution >= 0.6 is 11.3 Å². The maximum absolute atomic E-state index is 4.78. The van der Waals surface area contributed by atoms with Crippen LogP contribution in [0.15, 0.2) is 0 Å². The summed E-state index contributed by atoms with van der Waals surface area (Å²) in [5, 5.41) is 5.96. The summed E-state index contributed by atoms with van der Waals surface area (Å²) in [6.07, 6.45) is 4.76. The zero-order valence-electron chi connectivity index (χ0n) is 10.7. The van der Waals surface area contributed by atoms with Crippen molar-refractivity contribution in [3.05, 3.63) is 16.4 Å². The number of aromatic nitrogens is 3. The molecular formula is C13H19N3S. The predicted molar refractivity (Wildman–Crippen MR) is 70.8 cm³/mol. The fourth-order valence-corrected chi connectivity index (χ4v) is 3.75. The Morgan fingerprint density at radius 3 is 3.06 bits per heavy atom. The van der Waals surface area contributed by atoms with E-state index >= 15 is 0 Å². The molecule has 1 atom stereocenters. The van der Waals surface area contributed by atoms with Crippen LogP contribution in [-0.4, -0.2) is 14.6 Å².